The Hall–Kier alpha value is -3.79. The van der Waals surface area contributed by atoms with Crippen molar-refractivity contribution < 1.29 is 13.2 Å². The summed E-state index contributed by atoms with van der Waals surface area (Å²) in [6, 6.07) is 11.4. The number of aryl methyl sites for hydroxylation is 2. The Bertz CT molecular complexity index is 1530. The minimum atomic E-state index is -3.89. The number of benzene rings is 2. The van der Waals surface area contributed by atoms with Crippen molar-refractivity contribution in [2.75, 3.05) is 17.8 Å². The van der Waals surface area contributed by atoms with Gasteiger partial charge in [0.25, 0.3) is 15.9 Å². The van der Waals surface area contributed by atoms with Gasteiger partial charge in [0.15, 0.2) is 0 Å². The maximum absolute atomic E-state index is 13.2. The van der Waals surface area contributed by atoms with Crippen LogP contribution in [0.5, 0.6) is 0 Å². The summed E-state index contributed by atoms with van der Waals surface area (Å²) in [5, 5.41) is 7.38. The van der Waals surface area contributed by atoms with E-state index in [1.165, 1.54) is 24.0 Å². The molecule has 3 heterocycles. The number of aromatic nitrogens is 4. The average Bonchev–Trinajstić information content (AvgIpc) is 3.20. The largest absolute Gasteiger partial charge is 0.339 e. The number of H-pyrrole nitrogens is 1. The van der Waals surface area contributed by atoms with Crippen molar-refractivity contribution in [2.24, 2.45) is 5.41 Å². The van der Waals surface area contributed by atoms with Crippen molar-refractivity contribution in [1.29, 1.82) is 0 Å². The number of anilines is 1. The van der Waals surface area contributed by atoms with Gasteiger partial charge in [-0.2, -0.15) is 5.10 Å². The second-order valence-corrected chi connectivity index (χ2v) is 11.7. The van der Waals surface area contributed by atoms with Crippen molar-refractivity contribution in [2.45, 2.75) is 44.9 Å². The Balaban J connectivity index is 1.24. The van der Waals surface area contributed by atoms with Crippen LogP contribution in [0.1, 0.15) is 47.1 Å². The topological polar surface area (TPSA) is 121 Å². The SMILES string of the molecule is Cc1n[nH]c(C)c1CC1(C)CCN(C(=O)c2ccc(NS(=O)(=O)c3cccc4nccnc34)cc2)CC1. The molecule has 0 unspecified atom stereocenters. The Morgan fingerprint density at radius 1 is 1.05 bits per heavy atom. The van der Waals surface area contributed by atoms with Crippen LogP contribution in [0.4, 0.5) is 5.69 Å². The fourth-order valence-electron chi connectivity index (χ4n) is 4.94. The number of piperidine rings is 1. The molecule has 5 rings (SSSR count). The fourth-order valence-corrected chi connectivity index (χ4v) is 6.17. The minimum absolute atomic E-state index is 0.0449. The van der Waals surface area contributed by atoms with E-state index in [2.05, 4.69) is 38.7 Å². The van der Waals surface area contributed by atoms with Crippen molar-refractivity contribution in [3.63, 3.8) is 0 Å². The number of fused-ring (bicyclic) bond motifs is 1. The van der Waals surface area contributed by atoms with Crippen LogP contribution in [0.2, 0.25) is 0 Å². The van der Waals surface area contributed by atoms with Gasteiger partial charge in [0.2, 0.25) is 0 Å². The van der Waals surface area contributed by atoms with Gasteiger partial charge in [0.1, 0.15) is 10.4 Å². The number of carbonyl (C=O) groups excluding carboxylic acids is 1. The normalized spacial score (nSPS) is 15.6. The van der Waals surface area contributed by atoms with Gasteiger partial charge in [-0.25, -0.2) is 8.42 Å². The quantitative estimate of drug-likeness (QED) is 0.394. The second-order valence-electron chi connectivity index (χ2n) is 10.1. The maximum Gasteiger partial charge on any atom is 0.264 e. The third-order valence-electron chi connectivity index (χ3n) is 7.28. The molecule has 0 radical (unpaired) electrons. The molecule has 2 aromatic carbocycles. The zero-order chi connectivity index (χ0) is 26.2. The number of nitrogens with one attached hydrogen (secondary N) is 2. The summed E-state index contributed by atoms with van der Waals surface area (Å²) in [7, 11) is -3.89. The Morgan fingerprint density at radius 3 is 2.43 bits per heavy atom. The van der Waals surface area contributed by atoms with E-state index in [9.17, 15) is 13.2 Å². The minimum Gasteiger partial charge on any atom is -0.339 e. The van der Waals surface area contributed by atoms with Crippen LogP contribution in [0, 0.1) is 19.3 Å². The summed E-state index contributed by atoms with van der Waals surface area (Å²) in [6.45, 7) is 7.73. The number of rotatable bonds is 6. The highest BCUT2D eigenvalue weighted by Crippen LogP contribution is 2.36. The van der Waals surface area contributed by atoms with E-state index in [-0.39, 0.29) is 16.2 Å². The van der Waals surface area contributed by atoms with E-state index in [0.29, 0.717) is 35.4 Å². The first-order valence-electron chi connectivity index (χ1n) is 12.3. The summed E-state index contributed by atoms with van der Waals surface area (Å²) in [6.07, 6.45) is 5.75. The van der Waals surface area contributed by atoms with Crippen LogP contribution in [0.3, 0.4) is 0 Å². The number of hydrogen-bond acceptors (Lipinski definition) is 6. The zero-order valence-corrected chi connectivity index (χ0v) is 22.0. The first kappa shape index (κ1) is 24.9. The van der Waals surface area contributed by atoms with Crippen molar-refractivity contribution in [3.05, 3.63) is 77.4 Å². The van der Waals surface area contributed by atoms with Gasteiger partial charge in [-0.1, -0.05) is 13.0 Å². The molecule has 2 N–H and O–H groups in total. The predicted molar refractivity (Wildman–Crippen MR) is 142 cm³/mol. The Labute approximate surface area is 216 Å². The van der Waals surface area contributed by atoms with Crippen LogP contribution >= 0.6 is 0 Å². The molecule has 1 amide bonds. The lowest BCUT2D eigenvalue weighted by Gasteiger charge is -2.39. The third-order valence-corrected chi connectivity index (χ3v) is 8.69. The molecule has 1 saturated heterocycles. The molecule has 0 atom stereocenters. The van der Waals surface area contributed by atoms with Gasteiger partial charge in [-0.3, -0.25) is 24.6 Å². The maximum atomic E-state index is 13.2. The van der Waals surface area contributed by atoms with E-state index in [1.807, 2.05) is 11.8 Å². The molecule has 2 aromatic heterocycles. The lowest BCUT2D eigenvalue weighted by Crippen LogP contribution is -2.43. The lowest BCUT2D eigenvalue weighted by atomic mass is 9.75. The number of para-hydroxylation sites is 1. The molecule has 0 saturated carbocycles. The van der Waals surface area contributed by atoms with Gasteiger partial charge >= 0.3 is 0 Å². The number of nitrogens with zero attached hydrogens (tertiary/aromatic N) is 4. The highest BCUT2D eigenvalue weighted by Gasteiger charge is 2.33. The van der Waals surface area contributed by atoms with Crippen LogP contribution in [0.15, 0.2) is 59.8 Å². The third kappa shape index (κ3) is 5.06. The smallest absolute Gasteiger partial charge is 0.264 e. The first-order valence-corrected chi connectivity index (χ1v) is 13.8. The summed E-state index contributed by atoms with van der Waals surface area (Å²) < 4.78 is 28.7. The number of aromatic amines is 1. The predicted octanol–water partition coefficient (Wildman–Crippen LogP) is 4.26. The molecule has 0 bridgehead atoms. The highest BCUT2D eigenvalue weighted by molar-refractivity contribution is 7.93. The lowest BCUT2D eigenvalue weighted by molar-refractivity contribution is 0.0606. The molecular formula is C27H30N6O3S. The standard InChI is InChI=1S/C27H30N6O3S/c1-18-22(19(2)31-30-18)17-27(3)11-15-33(16-12-27)26(34)20-7-9-21(10-8-20)32-37(35,36)24-6-4-5-23-25(24)29-14-13-28-23/h4-10,13-14,32H,11-12,15-17H2,1-3H3,(H,30,31). The van der Waals surface area contributed by atoms with Gasteiger partial charge in [-0.05, 0) is 80.5 Å². The van der Waals surface area contributed by atoms with Crippen molar-refractivity contribution >= 4 is 32.7 Å². The molecule has 10 heteroatoms. The van der Waals surface area contributed by atoms with Crippen LogP contribution < -0.4 is 4.72 Å². The molecule has 0 spiro atoms. The molecule has 1 aliphatic rings. The molecule has 1 fully saturated rings. The Morgan fingerprint density at radius 2 is 1.76 bits per heavy atom. The number of carbonyl (C=O) groups is 1. The summed E-state index contributed by atoms with van der Waals surface area (Å²) in [4.78, 5) is 23.4. The molecule has 9 nitrogen and oxygen atoms in total. The molecule has 37 heavy (non-hydrogen) atoms. The monoisotopic (exact) mass is 518 g/mol. The molecule has 1 aliphatic heterocycles. The van der Waals surface area contributed by atoms with Crippen LogP contribution in [-0.2, 0) is 16.4 Å². The van der Waals surface area contributed by atoms with E-state index < -0.39 is 10.0 Å². The molecule has 192 valence electrons. The second kappa shape index (κ2) is 9.59. The van der Waals surface area contributed by atoms with E-state index in [0.717, 1.165) is 30.7 Å². The van der Waals surface area contributed by atoms with Crippen molar-refractivity contribution in [1.82, 2.24) is 25.1 Å². The van der Waals surface area contributed by atoms with Crippen LogP contribution in [0.25, 0.3) is 11.0 Å². The van der Waals surface area contributed by atoms with Crippen molar-refractivity contribution in [3.8, 4) is 0 Å². The Kier molecular flexibility index (Phi) is 6.45. The van der Waals surface area contributed by atoms with Gasteiger partial charge in [-0.15, -0.1) is 0 Å². The fraction of sp³-hybridized carbons (Fsp3) is 0.333. The van der Waals surface area contributed by atoms with E-state index in [4.69, 9.17) is 0 Å². The number of hydrogen-bond donors (Lipinski definition) is 2. The summed E-state index contributed by atoms with van der Waals surface area (Å²) in [5.74, 6) is -0.0449. The zero-order valence-electron chi connectivity index (χ0n) is 21.2. The number of amides is 1. The van der Waals surface area contributed by atoms with E-state index >= 15 is 0 Å². The van der Waals surface area contributed by atoms with E-state index in [1.54, 1.807) is 36.4 Å². The molecule has 0 aliphatic carbocycles. The first-order chi connectivity index (χ1) is 17.7. The average molecular weight is 519 g/mol. The van der Waals surface area contributed by atoms with Crippen LogP contribution in [-0.4, -0.2) is 52.5 Å². The highest BCUT2D eigenvalue weighted by atomic mass is 32.2. The molecule has 4 aromatic rings. The number of sulfonamides is 1. The summed E-state index contributed by atoms with van der Waals surface area (Å²) >= 11 is 0. The van der Waals surface area contributed by atoms with Gasteiger partial charge < -0.3 is 4.90 Å². The summed E-state index contributed by atoms with van der Waals surface area (Å²) in [5.41, 5.74) is 5.25. The van der Waals surface area contributed by atoms with Gasteiger partial charge in [0, 0.05) is 42.4 Å². The number of likely N-dealkylation sites (tertiary alicyclic amines) is 1. The molecular weight excluding hydrogens is 488 g/mol. The van der Waals surface area contributed by atoms with Gasteiger partial charge in [0.05, 0.1) is 11.2 Å².